The molecule has 2 aromatic heterocycles. The molecule has 0 saturated carbocycles. The number of aromatic nitrogens is 4. The Bertz CT molecular complexity index is 760. The zero-order valence-electron chi connectivity index (χ0n) is 15.0. The van der Waals surface area contributed by atoms with E-state index in [1.807, 2.05) is 13.8 Å². The van der Waals surface area contributed by atoms with Crippen LogP contribution in [0.5, 0.6) is 0 Å². The van der Waals surface area contributed by atoms with Crippen molar-refractivity contribution in [1.82, 2.24) is 19.9 Å². The summed E-state index contributed by atoms with van der Waals surface area (Å²) in [5, 5.41) is 8.14. The lowest BCUT2D eigenvalue weighted by Crippen LogP contribution is -2.43. The average Bonchev–Trinajstić information content (AvgIpc) is 3.06. The molecule has 0 spiro atoms. The number of nitrogens with two attached hydrogens (primary N) is 1. The molecule has 0 aromatic carbocycles. The van der Waals surface area contributed by atoms with Gasteiger partial charge in [0.25, 0.3) is 5.56 Å². The molecule has 0 aliphatic carbocycles. The topological polar surface area (TPSA) is 112 Å². The summed E-state index contributed by atoms with van der Waals surface area (Å²) in [6.07, 6.45) is 2.59. The first-order valence-electron chi connectivity index (χ1n) is 8.53. The Kier molecular flexibility index (Phi) is 7.13. The molecule has 26 heavy (non-hydrogen) atoms. The molecule has 144 valence electrons. The molecule has 1 aliphatic heterocycles. The van der Waals surface area contributed by atoms with Crippen molar-refractivity contribution < 1.29 is 9.26 Å². The van der Waals surface area contributed by atoms with Crippen molar-refractivity contribution in [3.8, 4) is 0 Å². The second-order valence-electron chi connectivity index (χ2n) is 6.43. The minimum Gasteiger partial charge on any atom is -0.374 e. The second-order valence-corrected chi connectivity index (χ2v) is 6.43. The first kappa shape index (κ1) is 20.3. The molecule has 1 atom stereocenters. The summed E-state index contributed by atoms with van der Waals surface area (Å²) in [4.78, 5) is 18.7. The van der Waals surface area contributed by atoms with Gasteiger partial charge in [-0.25, -0.2) is 4.68 Å². The van der Waals surface area contributed by atoms with Gasteiger partial charge < -0.3 is 19.9 Å². The molecular formula is C16H25ClN6O3. The number of rotatable bonds is 6. The number of ether oxygens (including phenoxy) is 1. The number of halogens is 1. The highest BCUT2D eigenvalue weighted by atomic mass is 35.5. The fourth-order valence-electron chi connectivity index (χ4n) is 2.73. The van der Waals surface area contributed by atoms with Crippen molar-refractivity contribution in [2.75, 3.05) is 31.1 Å². The molecule has 0 radical (unpaired) electrons. The standard InChI is InChI=1S/C16H24N6O3.ClH/c1-11(2)16-19-14(20-25-16)10-22-15(23)7-12(8-18-22)21-5-6-24-13(9-21)3-4-17;/h7-8,11,13H,3-6,9-10,17H2,1-2H3;1H. The van der Waals surface area contributed by atoms with E-state index in [0.717, 1.165) is 18.7 Å². The summed E-state index contributed by atoms with van der Waals surface area (Å²) >= 11 is 0. The van der Waals surface area contributed by atoms with Crippen molar-refractivity contribution in [1.29, 1.82) is 0 Å². The molecule has 3 rings (SSSR count). The number of anilines is 1. The highest BCUT2D eigenvalue weighted by Gasteiger charge is 2.21. The summed E-state index contributed by atoms with van der Waals surface area (Å²) in [6, 6.07) is 1.58. The van der Waals surface area contributed by atoms with Crippen molar-refractivity contribution in [2.24, 2.45) is 5.73 Å². The minimum absolute atomic E-state index is 0. The lowest BCUT2D eigenvalue weighted by Gasteiger charge is -2.34. The smallest absolute Gasteiger partial charge is 0.269 e. The monoisotopic (exact) mass is 384 g/mol. The number of nitrogens with zero attached hydrogens (tertiary/aromatic N) is 5. The fourth-order valence-corrected chi connectivity index (χ4v) is 2.73. The van der Waals surface area contributed by atoms with Crippen LogP contribution in [-0.4, -0.2) is 52.3 Å². The third kappa shape index (κ3) is 4.80. The third-order valence-corrected chi connectivity index (χ3v) is 4.12. The van der Waals surface area contributed by atoms with Gasteiger partial charge in [0, 0.05) is 25.1 Å². The summed E-state index contributed by atoms with van der Waals surface area (Å²) in [5.41, 5.74) is 6.19. The van der Waals surface area contributed by atoms with E-state index in [9.17, 15) is 4.79 Å². The minimum atomic E-state index is -0.199. The van der Waals surface area contributed by atoms with Crippen LogP contribution in [0.2, 0.25) is 0 Å². The second kappa shape index (κ2) is 9.11. The Morgan fingerprint density at radius 1 is 1.42 bits per heavy atom. The normalized spacial score (nSPS) is 17.4. The fraction of sp³-hybridized carbons (Fsp3) is 0.625. The van der Waals surface area contributed by atoms with Crippen LogP contribution in [0.25, 0.3) is 0 Å². The van der Waals surface area contributed by atoms with Gasteiger partial charge >= 0.3 is 0 Å². The van der Waals surface area contributed by atoms with E-state index >= 15 is 0 Å². The first-order chi connectivity index (χ1) is 12.1. The Morgan fingerprint density at radius 3 is 2.88 bits per heavy atom. The van der Waals surface area contributed by atoms with Gasteiger partial charge in [-0.3, -0.25) is 4.79 Å². The van der Waals surface area contributed by atoms with Crippen LogP contribution in [0.3, 0.4) is 0 Å². The number of morpholine rings is 1. The Balaban J connectivity index is 0.00000243. The predicted octanol–water partition coefficient (Wildman–Crippen LogP) is 0.774. The van der Waals surface area contributed by atoms with E-state index in [4.69, 9.17) is 15.0 Å². The van der Waals surface area contributed by atoms with E-state index in [0.29, 0.717) is 31.4 Å². The summed E-state index contributed by atoms with van der Waals surface area (Å²) in [6.45, 7) is 6.78. The van der Waals surface area contributed by atoms with E-state index in [1.165, 1.54) is 4.68 Å². The van der Waals surface area contributed by atoms with Crippen molar-refractivity contribution in [3.05, 3.63) is 34.3 Å². The molecular weight excluding hydrogens is 360 g/mol. The molecule has 1 fully saturated rings. The third-order valence-electron chi connectivity index (χ3n) is 4.12. The van der Waals surface area contributed by atoms with Gasteiger partial charge in [-0.05, 0) is 13.0 Å². The van der Waals surface area contributed by atoms with Crippen LogP contribution in [0, 0.1) is 0 Å². The van der Waals surface area contributed by atoms with Gasteiger partial charge in [0.05, 0.1) is 24.6 Å². The van der Waals surface area contributed by atoms with Crippen LogP contribution in [0.15, 0.2) is 21.6 Å². The molecule has 3 heterocycles. The first-order valence-corrected chi connectivity index (χ1v) is 8.53. The van der Waals surface area contributed by atoms with Crippen LogP contribution in [0.4, 0.5) is 5.69 Å². The molecule has 0 amide bonds. The molecule has 1 unspecified atom stereocenters. The van der Waals surface area contributed by atoms with Crippen LogP contribution in [-0.2, 0) is 11.3 Å². The molecule has 2 aromatic rings. The van der Waals surface area contributed by atoms with Gasteiger partial charge in [0.2, 0.25) is 5.89 Å². The Hall–Kier alpha value is -1.97. The zero-order chi connectivity index (χ0) is 17.8. The summed E-state index contributed by atoms with van der Waals surface area (Å²) in [5.74, 6) is 1.15. The Morgan fingerprint density at radius 2 is 2.23 bits per heavy atom. The van der Waals surface area contributed by atoms with E-state index in [-0.39, 0.29) is 36.5 Å². The van der Waals surface area contributed by atoms with E-state index in [2.05, 4.69) is 20.1 Å². The molecule has 1 saturated heterocycles. The maximum Gasteiger partial charge on any atom is 0.269 e. The van der Waals surface area contributed by atoms with Gasteiger partial charge in [0.15, 0.2) is 5.82 Å². The summed E-state index contributed by atoms with van der Waals surface area (Å²) in [7, 11) is 0. The maximum absolute atomic E-state index is 12.4. The van der Waals surface area contributed by atoms with Gasteiger partial charge in [-0.2, -0.15) is 10.1 Å². The van der Waals surface area contributed by atoms with Crippen molar-refractivity contribution >= 4 is 18.1 Å². The maximum atomic E-state index is 12.4. The summed E-state index contributed by atoms with van der Waals surface area (Å²) < 4.78 is 12.2. The van der Waals surface area contributed by atoms with Gasteiger partial charge in [-0.15, -0.1) is 12.4 Å². The van der Waals surface area contributed by atoms with E-state index in [1.54, 1.807) is 12.3 Å². The van der Waals surface area contributed by atoms with Crippen LogP contribution >= 0.6 is 12.4 Å². The van der Waals surface area contributed by atoms with Crippen LogP contribution in [0.1, 0.15) is 37.9 Å². The molecule has 2 N–H and O–H groups in total. The zero-order valence-corrected chi connectivity index (χ0v) is 15.8. The molecule has 1 aliphatic rings. The highest BCUT2D eigenvalue weighted by molar-refractivity contribution is 5.85. The Labute approximate surface area is 157 Å². The van der Waals surface area contributed by atoms with Gasteiger partial charge in [-0.1, -0.05) is 19.0 Å². The van der Waals surface area contributed by atoms with Crippen LogP contribution < -0.4 is 16.2 Å². The number of hydrogen-bond donors (Lipinski definition) is 1. The lowest BCUT2D eigenvalue weighted by atomic mass is 10.2. The van der Waals surface area contributed by atoms with E-state index < -0.39 is 0 Å². The average molecular weight is 385 g/mol. The van der Waals surface area contributed by atoms with Gasteiger partial charge in [0.1, 0.15) is 6.54 Å². The molecule has 0 bridgehead atoms. The SMILES string of the molecule is CC(C)c1nc(Cn2ncc(N3CCOC(CCN)C3)cc2=O)no1.Cl. The lowest BCUT2D eigenvalue weighted by molar-refractivity contribution is 0.0368. The quantitative estimate of drug-likeness (QED) is 0.777. The molecule has 9 nitrogen and oxygen atoms in total. The number of hydrogen-bond acceptors (Lipinski definition) is 8. The predicted molar refractivity (Wildman–Crippen MR) is 98.9 cm³/mol. The van der Waals surface area contributed by atoms with Crippen molar-refractivity contribution in [2.45, 2.75) is 38.8 Å². The largest absolute Gasteiger partial charge is 0.374 e. The molecule has 10 heteroatoms. The highest BCUT2D eigenvalue weighted by Crippen LogP contribution is 2.16. The van der Waals surface area contributed by atoms with Crippen molar-refractivity contribution in [3.63, 3.8) is 0 Å².